The first-order valence-electron chi connectivity index (χ1n) is 10.4. The summed E-state index contributed by atoms with van der Waals surface area (Å²) in [6.45, 7) is 4.14. The Morgan fingerprint density at radius 1 is 0.935 bits per heavy atom. The van der Waals surface area contributed by atoms with E-state index in [1.165, 1.54) is 0 Å². The third kappa shape index (κ3) is 4.14. The number of aliphatic hydroxyl groups is 1. The summed E-state index contributed by atoms with van der Waals surface area (Å²) < 4.78 is 26.5. The van der Waals surface area contributed by atoms with Crippen molar-refractivity contribution in [2.24, 2.45) is 0 Å². The third-order valence-electron chi connectivity index (χ3n) is 5.86. The van der Waals surface area contributed by atoms with Gasteiger partial charge < -0.3 is 24.3 Å². The van der Waals surface area contributed by atoms with Crippen molar-refractivity contribution in [2.75, 3.05) is 6.61 Å². The SMILES string of the molecule is Cc1cc(O)c(O[C@@H]2CCOC(P(=O)(c3ccccc3)c3ccccc3)[C@H]2O)cc1C. The van der Waals surface area contributed by atoms with E-state index in [0.717, 1.165) is 11.1 Å². The lowest BCUT2D eigenvalue weighted by atomic mass is 10.1. The van der Waals surface area contributed by atoms with E-state index < -0.39 is 25.2 Å². The molecular weight excluding hydrogens is 411 g/mol. The highest BCUT2D eigenvalue weighted by Gasteiger charge is 2.47. The molecule has 5 nitrogen and oxygen atoms in total. The van der Waals surface area contributed by atoms with Gasteiger partial charge in [-0.15, -0.1) is 0 Å². The van der Waals surface area contributed by atoms with E-state index in [2.05, 4.69) is 0 Å². The number of hydrogen-bond donors (Lipinski definition) is 2. The fraction of sp³-hybridized carbons (Fsp3) is 0.280. The number of rotatable bonds is 5. The van der Waals surface area contributed by atoms with E-state index in [0.29, 0.717) is 29.4 Å². The van der Waals surface area contributed by atoms with Gasteiger partial charge >= 0.3 is 0 Å². The van der Waals surface area contributed by atoms with Crippen LogP contribution in [0.5, 0.6) is 11.5 Å². The molecule has 1 saturated heterocycles. The second-order valence-electron chi connectivity index (χ2n) is 7.93. The van der Waals surface area contributed by atoms with Crippen LogP contribution in [0.15, 0.2) is 72.8 Å². The molecule has 3 aromatic rings. The Labute approximate surface area is 182 Å². The zero-order valence-electron chi connectivity index (χ0n) is 17.6. The van der Waals surface area contributed by atoms with Gasteiger partial charge in [-0.05, 0) is 37.1 Å². The molecule has 6 heteroatoms. The molecule has 1 aliphatic rings. The number of benzene rings is 3. The molecule has 1 fully saturated rings. The van der Waals surface area contributed by atoms with Crippen molar-refractivity contribution in [3.63, 3.8) is 0 Å². The smallest absolute Gasteiger partial charge is 0.173 e. The van der Waals surface area contributed by atoms with Gasteiger partial charge in [-0.3, -0.25) is 0 Å². The molecule has 3 aromatic carbocycles. The summed E-state index contributed by atoms with van der Waals surface area (Å²) >= 11 is 0. The van der Waals surface area contributed by atoms with Gasteiger partial charge in [0.2, 0.25) is 0 Å². The van der Waals surface area contributed by atoms with Crippen molar-refractivity contribution < 1.29 is 24.3 Å². The summed E-state index contributed by atoms with van der Waals surface area (Å²) in [5.74, 6) is -0.626. The minimum Gasteiger partial charge on any atom is -0.504 e. The van der Waals surface area contributed by atoms with Crippen molar-refractivity contribution in [3.05, 3.63) is 83.9 Å². The van der Waals surface area contributed by atoms with Crippen molar-refractivity contribution in [2.45, 2.75) is 38.3 Å². The molecule has 1 heterocycles. The number of phenolic OH excluding ortho intramolecular Hbond substituents is 1. The maximum Gasteiger partial charge on any atom is 0.173 e. The number of hydrogen-bond acceptors (Lipinski definition) is 5. The van der Waals surface area contributed by atoms with Gasteiger partial charge in [-0.1, -0.05) is 60.7 Å². The number of aryl methyl sites for hydroxylation is 2. The van der Waals surface area contributed by atoms with Crippen LogP contribution in [-0.4, -0.2) is 34.9 Å². The van der Waals surface area contributed by atoms with Gasteiger partial charge in [0, 0.05) is 17.0 Å². The summed E-state index contributed by atoms with van der Waals surface area (Å²) in [6.07, 6.45) is -1.37. The second kappa shape index (κ2) is 8.88. The first-order chi connectivity index (χ1) is 14.9. The Balaban J connectivity index is 1.70. The maximum atomic E-state index is 14.6. The third-order valence-corrected chi connectivity index (χ3v) is 9.16. The molecule has 0 bridgehead atoms. The number of phenols is 1. The molecule has 1 unspecified atom stereocenters. The lowest BCUT2D eigenvalue weighted by Gasteiger charge is -2.39. The summed E-state index contributed by atoms with van der Waals surface area (Å²) in [4.78, 5) is 0. The summed E-state index contributed by atoms with van der Waals surface area (Å²) in [7, 11) is -3.34. The Hall–Kier alpha value is -2.59. The van der Waals surface area contributed by atoms with Gasteiger partial charge in [-0.25, -0.2) is 0 Å². The lowest BCUT2D eigenvalue weighted by Crippen LogP contribution is -2.49. The Kier molecular flexibility index (Phi) is 6.19. The quantitative estimate of drug-likeness (QED) is 0.592. The lowest BCUT2D eigenvalue weighted by molar-refractivity contribution is -0.0944. The highest BCUT2D eigenvalue weighted by Crippen LogP contribution is 2.52. The molecule has 0 aliphatic carbocycles. The fourth-order valence-corrected chi connectivity index (χ4v) is 7.03. The molecule has 3 atom stereocenters. The molecule has 31 heavy (non-hydrogen) atoms. The highest BCUT2D eigenvalue weighted by atomic mass is 31.2. The molecule has 162 valence electrons. The van der Waals surface area contributed by atoms with E-state index in [-0.39, 0.29) is 5.75 Å². The zero-order chi connectivity index (χ0) is 22.0. The summed E-state index contributed by atoms with van der Waals surface area (Å²) in [5, 5.41) is 22.8. The van der Waals surface area contributed by atoms with Gasteiger partial charge in [0.25, 0.3) is 0 Å². The molecule has 0 aromatic heterocycles. The van der Waals surface area contributed by atoms with Crippen LogP contribution >= 0.6 is 7.14 Å². The predicted molar refractivity (Wildman–Crippen MR) is 122 cm³/mol. The van der Waals surface area contributed by atoms with Crippen LogP contribution in [0.2, 0.25) is 0 Å². The predicted octanol–water partition coefficient (Wildman–Crippen LogP) is 3.88. The van der Waals surface area contributed by atoms with Gasteiger partial charge in [0.1, 0.15) is 18.1 Å². The first kappa shape index (κ1) is 21.6. The minimum absolute atomic E-state index is 0.0210. The summed E-state index contributed by atoms with van der Waals surface area (Å²) in [6, 6.07) is 21.7. The largest absolute Gasteiger partial charge is 0.504 e. The second-order valence-corrected chi connectivity index (χ2v) is 10.8. The van der Waals surface area contributed by atoms with E-state index in [1.54, 1.807) is 12.1 Å². The van der Waals surface area contributed by atoms with E-state index >= 15 is 0 Å². The van der Waals surface area contributed by atoms with Gasteiger partial charge in [-0.2, -0.15) is 0 Å². The summed E-state index contributed by atoms with van der Waals surface area (Å²) in [5.41, 5.74) is 1.93. The topological polar surface area (TPSA) is 76.0 Å². The monoisotopic (exact) mass is 438 g/mol. The molecule has 1 aliphatic heterocycles. The van der Waals surface area contributed by atoms with Crippen molar-refractivity contribution in [1.82, 2.24) is 0 Å². The van der Waals surface area contributed by atoms with Crippen LogP contribution in [0.3, 0.4) is 0 Å². The van der Waals surface area contributed by atoms with Gasteiger partial charge in [0.05, 0.1) is 6.61 Å². The number of aliphatic hydroxyl groups excluding tert-OH is 1. The zero-order valence-corrected chi connectivity index (χ0v) is 18.5. The maximum absolute atomic E-state index is 14.6. The standard InChI is InChI=1S/C25H27O5P/c1-17-15-21(26)23(16-18(17)2)30-22-13-14-29-25(24(22)27)31(28,19-9-5-3-6-10-19)20-11-7-4-8-12-20/h3-12,15-16,22,24-27H,13-14H2,1-2H3/t22-,24+,25?/m1/s1. The normalized spacial score (nSPS) is 21.6. The van der Waals surface area contributed by atoms with Crippen molar-refractivity contribution in [3.8, 4) is 11.5 Å². The Morgan fingerprint density at radius 2 is 1.48 bits per heavy atom. The van der Waals surface area contributed by atoms with Crippen LogP contribution in [-0.2, 0) is 9.30 Å². The fourth-order valence-electron chi connectivity index (χ4n) is 3.98. The van der Waals surface area contributed by atoms with E-state index in [1.807, 2.05) is 74.5 Å². The molecule has 2 N–H and O–H groups in total. The van der Waals surface area contributed by atoms with Crippen LogP contribution < -0.4 is 15.3 Å². The molecule has 4 rings (SSSR count). The van der Waals surface area contributed by atoms with Crippen LogP contribution in [0.4, 0.5) is 0 Å². The average Bonchev–Trinajstić information content (AvgIpc) is 2.79. The van der Waals surface area contributed by atoms with Crippen LogP contribution in [0.25, 0.3) is 0 Å². The first-order valence-corrected chi connectivity index (χ1v) is 12.2. The number of ether oxygens (including phenoxy) is 2. The van der Waals surface area contributed by atoms with Crippen molar-refractivity contribution in [1.29, 1.82) is 0 Å². The highest BCUT2D eigenvalue weighted by molar-refractivity contribution is 7.79. The average molecular weight is 438 g/mol. The molecular formula is C25H27O5P. The molecule has 0 spiro atoms. The Bertz CT molecular complexity index is 1040. The van der Waals surface area contributed by atoms with E-state index in [4.69, 9.17) is 9.47 Å². The van der Waals surface area contributed by atoms with Crippen LogP contribution in [0, 0.1) is 13.8 Å². The molecule has 0 radical (unpaired) electrons. The van der Waals surface area contributed by atoms with E-state index in [9.17, 15) is 14.8 Å². The van der Waals surface area contributed by atoms with Gasteiger partial charge in [0.15, 0.2) is 18.6 Å². The Morgan fingerprint density at radius 3 is 2.06 bits per heavy atom. The van der Waals surface area contributed by atoms with Crippen molar-refractivity contribution >= 4 is 17.8 Å². The molecule has 0 amide bonds. The molecule has 0 saturated carbocycles. The number of aromatic hydroxyl groups is 1. The van der Waals surface area contributed by atoms with Crippen LogP contribution in [0.1, 0.15) is 17.5 Å². The minimum atomic E-state index is -3.34.